The van der Waals surface area contributed by atoms with E-state index < -0.39 is 14.0 Å². The van der Waals surface area contributed by atoms with Crippen LogP contribution in [0.4, 0.5) is 0 Å². The summed E-state index contributed by atoms with van der Waals surface area (Å²) in [7, 11) is -1.50. The quantitative estimate of drug-likeness (QED) is 0.123. The van der Waals surface area contributed by atoms with Gasteiger partial charge >= 0.3 is 0 Å². The number of benzene rings is 6. The van der Waals surface area contributed by atoms with Gasteiger partial charge in [-0.3, -0.25) is 4.98 Å². The molecule has 4 nitrogen and oxygen atoms in total. The van der Waals surface area contributed by atoms with E-state index >= 15 is 0 Å². The van der Waals surface area contributed by atoms with Crippen molar-refractivity contribution in [3.05, 3.63) is 168 Å². The van der Waals surface area contributed by atoms with Crippen LogP contribution in [0.3, 0.4) is 0 Å². The van der Waals surface area contributed by atoms with Gasteiger partial charge in [0, 0.05) is 38.7 Å². The van der Waals surface area contributed by atoms with E-state index in [0.717, 1.165) is 66.9 Å². The Bertz CT molecular complexity index is 2830. The van der Waals surface area contributed by atoms with Crippen molar-refractivity contribution in [2.75, 3.05) is 0 Å². The molecular weight excluding hydrogens is 879 g/mol. The summed E-state index contributed by atoms with van der Waals surface area (Å²) in [5.74, 6) is 0.224. The van der Waals surface area contributed by atoms with Gasteiger partial charge in [0.2, 0.25) is 0 Å². The third kappa shape index (κ3) is 7.45. The van der Waals surface area contributed by atoms with Crippen LogP contribution in [0.2, 0.25) is 19.6 Å². The van der Waals surface area contributed by atoms with Crippen LogP contribution in [0, 0.1) is 26.0 Å². The smallest absolute Gasteiger partial charge is 0.120 e. The topological polar surface area (TPSA) is 43.9 Å². The van der Waals surface area contributed by atoms with Gasteiger partial charge in [0.05, 0.1) is 30.5 Å². The van der Waals surface area contributed by atoms with Gasteiger partial charge in [-0.25, -0.2) is 0 Å². The minimum Gasteiger partial charge on any atom is -0.501 e. The third-order valence-corrected chi connectivity index (χ3v) is 12.2. The molecule has 0 aliphatic carbocycles. The average Bonchev–Trinajstić information content (AvgIpc) is 3.77. The summed E-state index contributed by atoms with van der Waals surface area (Å²) in [4.78, 5) is 9.72. The minimum absolute atomic E-state index is 0. The van der Waals surface area contributed by atoms with Gasteiger partial charge < -0.3 is 14.0 Å². The number of fused-ring (bicyclic) bond motifs is 4. The average molecular weight is 925 g/mol. The molecule has 3 heterocycles. The number of hydrogen-bond acceptors (Lipinski definition) is 3. The Hall–Kier alpha value is -5.39. The van der Waals surface area contributed by atoms with Gasteiger partial charge in [-0.1, -0.05) is 117 Å². The predicted molar refractivity (Wildman–Crippen MR) is 233 cm³/mol. The molecule has 6 aromatic carbocycles. The summed E-state index contributed by atoms with van der Waals surface area (Å²) in [5.41, 5.74) is 13.5. The van der Waals surface area contributed by atoms with Crippen LogP contribution in [0.15, 0.2) is 144 Å². The van der Waals surface area contributed by atoms with E-state index in [0.29, 0.717) is 0 Å². The summed E-state index contributed by atoms with van der Waals surface area (Å²) in [5, 5.41) is 3.45. The summed E-state index contributed by atoms with van der Waals surface area (Å²) in [6.45, 7) is 15.2. The maximum Gasteiger partial charge on any atom is 0.120 e. The Morgan fingerprint density at radius 2 is 1.43 bits per heavy atom. The monoisotopic (exact) mass is 925 g/mol. The normalized spacial score (nSPS) is 11.9. The van der Waals surface area contributed by atoms with Gasteiger partial charge in [-0.2, -0.15) is 0 Å². The number of rotatable bonds is 6. The first kappa shape index (κ1) is 37.5. The first-order valence-electron chi connectivity index (χ1n) is 19.3. The molecule has 3 aromatic heterocycles. The number of hydrogen-bond donors (Lipinski definition) is 0. The summed E-state index contributed by atoms with van der Waals surface area (Å²) in [6, 6.07) is 52.2. The molecule has 9 aromatic rings. The Kier molecular flexibility index (Phi) is 10.7. The second-order valence-electron chi connectivity index (χ2n) is 15.4. The van der Waals surface area contributed by atoms with Crippen molar-refractivity contribution in [1.29, 1.82) is 0 Å². The Morgan fingerprint density at radius 3 is 2.14 bits per heavy atom. The first-order valence-corrected chi connectivity index (χ1v) is 22.3. The minimum atomic E-state index is -1.50. The van der Waals surface area contributed by atoms with Gasteiger partial charge in [-0.05, 0) is 83.2 Å². The molecule has 0 aliphatic rings. The fraction of sp³-hybridized carbons (Fsp3) is 0.160. The second kappa shape index (κ2) is 16.0. The van der Waals surface area contributed by atoms with E-state index in [-0.39, 0.29) is 20.1 Å². The molecule has 9 rings (SSSR count). The van der Waals surface area contributed by atoms with E-state index in [9.17, 15) is 0 Å². The fourth-order valence-electron chi connectivity index (χ4n) is 7.55. The predicted octanol–water partition coefficient (Wildman–Crippen LogP) is 12.9. The third-order valence-electron chi connectivity index (χ3n) is 10.2. The number of aromatic nitrogens is 3. The zero-order valence-corrected chi connectivity index (χ0v) is 36.3. The number of nitrogens with zero attached hydrogens (tertiary/aromatic N) is 3. The molecule has 6 heteroatoms. The molecule has 0 aliphatic heterocycles. The molecule has 0 spiro atoms. The van der Waals surface area contributed by atoms with Crippen LogP contribution >= 0.6 is 0 Å². The van der Waals surface area contributed by atoms with E-state index in [1.807, 2.05) is 74.6 Å². The molecule has 0 unspecified atom stereocenters. The molecule has 0 atom stereocenters. The number of furan rings is 1. The zero-order chi connectivity index (χ0) is 39.2. The Labute approximate surface area is 346 Å². The molecule has 0 saturated carbocycles. The SMILES string of the molecule is Cc1cc(-c2ccccc2)cc(C)c1-n1c(-c2[c-]ccc3c2oc2ccccc23)nc2ccccc21.[2H]C(C)(C)c1cc(-c2[c-]cccc2)ncc1[Si](C)(C)C.[Ir]. The van der Waals surface area contributed by atoms with Crippen molar-refractivity contribution in [1.82, 2.24) is 14.5 Å². The van der Waals surface area contributed by atoms with Crippen LogP contribution in [0.25, 0.3) is 72.4 Å². The van der Waals surface area contributed by atoms with E-state index in [1.165, 1.54) is 27.4 Å². The van der Waals surface area contributed by atoms with Crippen molar-refractivity contribution < 1.29 is 25.9 Å². The van der Waals surface area contributed by atoms with Gasteiger partial charge in [-0.15, -0.1) is 54.1 Å². The zero-order valence-electron chi connectivity index (χ0n) is 33.9. The standard InChI is InChI=1S/C33H23N2O.C17H22NSi.Ir/c1-21-19-24(23-11-4-3-5-12-23)20-22(2)31(21)35-29-17-8-7-16-28(29)34-33(35)27-15-10-14-26-25-13-6-9-18-30(25)36-32(26)27;1-13(2)15-11-16(14-9-7-6-8-10-14)18-12-17(15)19(3,4)5;/h3-14,16-20H,1-2H3;6-9,11-13H,1-5H3;/q2*-1;/i;13D;. The Balaban J connectivity index is 0.000000202. The van der Waals surface area contributed by atoms with E-state index in [1.54, 1.807) is 0 Å². The van der Waals surface area contributed by atoms with E-state index in [2.05, 4.69) is 134 Å². The van der Waals surface area contributed by atoms with Crippen molar-refractivity contribution in [3.8, 4) is 39.5 Å². The largest absolute Gasteiger partial charge is 0.501 e. The molecule has 0 bridgehead atoms. The van der Waals surface area contributed by atoms with Crippen LogP contribution < -0.4 is 5.19 Å². The number of para-hydroxylation sites is 3. The molecule has 0 fully saturated rings. The molecule has 1 radical (unpaired) electrons. The molecule has 0 amide bonds. The molecule has 281 valence electrons. The van der Waals surface area contributed by atoms with E-state index in [4.69, 9.17) is 10.8 Å². The second-order valence-corrected chi connectivity index (χ2v) is 20.5. The number of imidazole rings is 1. The summed E-state index contributed by atoms with van der Waals surface area (Å²) < 4.78 is 17.1. The van der Waals surface area contributed by atoms with Crippen molar-refractivity contribution >= 4 is 46.2 Å². The number of pyridine rings is 1. The molecular formula is C50H45IrN3OSi-2. The summed E-state index contributed by atoms with van der Waals surface area (Å²) >= 11 is 0. The number of aryl methyl sites for hydroxylation is 2. The fourth-order valence-corrected chi connectivity index (χ4v) is 9.13. The van der Waals surface area contributed by atoms with Crippen molar-refractivity contribution in [2.24, 2.45) is 0 Å². The molecule has 0 saturated heterocycles. The van der Waals surface area contributed by atoms with Crippen LogP contribution in [-0.4, -0.2) is 22.6 Å². The molecule has 56 heavy (non-hydrogen) atoms. The first-order chi connectivity index (χ1) is 26.9. The maximum absolute atomic E-state index is 8.44. The van der Waals surface area contributed by atoms with Crippen LogP contribution in [0.5, 0.6) is 0 Å². The molecule has 0 N–H and O–H groups in total. The van der Waals surface area contributed by atoms with Crippen LogP contribution in [-0.2, 0) is 20.1 Å². The van der Waals surface area contributed by atoms with Gasteiger partial charge in [0.1, 0.15) is 5.58 Å². The van der Waals surface area contributed by atoms with Gasteiger partial charge in [0.15, 0.2) is 0 Å². The van der Waals surface area contributed by atoms with Crippen LogP contribution in [0.1, 0.15) is 37.8 Å². The van der Waals surface area contributed by atoms with Crippen molar-refractivity contribution in [2.45, 2.75) is 53.2 Å². The van der Waals surface area contributed by atoms with Gasteiger partial charge in [0.25, 0.3) is 0 Å². The Morgan fingerprint density at radius 1 is 0.732 bits per heavy atom. The maximum atomic E-state index is 8.44. The summed E-state index contributed by atoms with van der Waals surface area (Å²) in [6.07, 6.45) is 1.98. The van der Waals surface area contributed by atoms with Crippen molar-refractivity contribution in [3.63, 3.8) is 0 Å².